The Bertz CT molecular complexity index is 526. The van der Waals surface area contributed by atoms with Crippen LogP contribution in [-0.2, 0) is 19.7 Å². The Labute approximate surface area is 158 Å². The summed E-state index contributed by atoms with van der Waals surface area (Å²) in [6.45, 7) is 4.73. The highest BCUT2D eigenvalue weighted by molar-refractivity contribution is 5.69. The van der Waals surface area contributed by atoms with E-state index >= 15 is 0 Å². The number of hydrogen-bond donors (Lipinski definition) is 1. The number of carbonyl (C=O) groups is 2. The summed E-state index contributed by atoms with van der Waals surface area (Å²) in [6, 6.07) is 10.6. The smallest absolute Gasteiger partial charge is 0.305 e. The van der Waals surface area contributed by atoms with Gasteiger partial charge in [-0.15, -0.1) is 0 Å². The molecule has 1 heterocycles. The van der Waals surface area contributed by atoms with Crippen LogP contribution in [0.5, 0.6) is 0 Å². The first kappa shape index (κ1) is 22.2. The molecule has 0 saturated carbocycles. The number of esters is 1. The SMILES string of the molecule is CC1(c2ccccc2)CCCCCCCOC(=O)CC1.CCCC(=O)O. The van der Waals surface area contributed by atoms with Crippen LogP contribution in [0.4, 0.5) is 0 Å². The minimum Gasteiger partial charge on any atom is -0.481 e. The number of carboxylic acid groups (broad SMARTS) is 1. The number of carbonyl (C=O) groups excluding carboxylic acids is 1. The number of hydrogen-bond acceptors (Lipinski definition) is 3. The molecule has 0 bridgehead atoms. The molecule has 1 aliphatic heterocycles. The zero-order valence-electron chi connectivity index (χ0n) is 16.3. The van der Waals surface area contributed by atoms with Gasteiger partial charge in [-0.3, -0.25) is 9.59 Å². The van der Waals surface area contributed by atoms with E-state index in [0.29, 0.717) is 19.4 Å². The maximum Gasteiger partial charge on any atom is 0.305 e. The number of benzene rings is 1. The zero-order chi connectivity index (χ0) is 19.3. The van der Waals surface area contributed by atoms with Crippen molar-refractivity contribution in [3.8, 4) is 0 Å². The van der Waals surface area contributed by atoms with Crippen molar-refractivity contribution in [2.24, 2.45) is 0 Å². The molecule has 0 aliphatic carbocycles. The molecule has 0 aromatic heterocycles. The van der Waals surface area contributed by atoms with Gasteiger partial charge >= 0.3 is 11.9 Å². The van der Waals surface area contributed by atoms with Crippen LogP contribution in [0, 0.1) is 0 Å². The van der Waals surface area contributed by atoms with Crippen LogP contribution in [-0.4, -0.2) is 23.7 Å². The summed E-state index contributed by atoms with van der Waals surface area (Å²) in [5, 5.41) is 7.91. The summed E-state index contributed by atoms with van der Waals surface area (Å²) in [5.41, 5.74) is 1.45. The maximum absolute atomic E-state index is 11.8. The first-order chi connectivity index (χ1) is 12.5. The third-order valence-electron chi connectivity index (χ3n) is 4.95. The molecule has 1 N–H and O–H groups in total. The van der Waals surface area contributed by atoms with Crippen LogP contribution >= 0.6 is 0 Å². The molecule has 4 heteroatoms. The summed E-state index contributed by atoms with van der Waals surface area (Å²) >= 11 is 0. The summed E-state index contributed by atoms with van der Waals surface area (Å²) in [6.07, 6.45) is 9.58. The molecule has 0 spiro atoms. The Kier molecular flexibility index (Phi) is 10.7. The lowest BCUT2D eigenvalue weighted by Gasteiger charge is -2.30. The number of aliphatic carboxylic acids is 1. The molecule has 146 valence electrons. The predicted octanol–water partition coefficient (Wildman–Crippen LogP) is 5.49. The molecule has 1 atom stereocenters. The fourth-order valence-electron chi connectivity index (χ4n) is 3.25. The molecule has 0 amide bonds. The van der Waals surface area contributed by atoms with Gasteiger partial charge in [0.25, 0.3) is 0 Å². The van der Waals surface area contributed by atoms with Gasteiger partial charge < -0.3 is 9.84 Å². The van der Waals surface area contributed by atoms with Crippen LogP contribution in [0.2, 0.25) is 0 Å². The normalized spacial score (nSPS) is 22.0. The Morgan fingerprint density at radius 2 is 1.73 bits per heavy atom. The summed E-state index contributed by atoms with van der Waals surface area (Å²) in [4.78, 5) is 21.4. The highest BCUT2D eigenvalue weighted by Gasteiger charge is 2.27. The topological polar surface area (TPSA) is 63.6 Å². The number of carboxylic acids is 1. The Morgan fingerprint density at radius 1 is 1.08 bits per heavy atom. The fraction of sp³-hybridized carbons (Fsp3) is 0.636. The largest absolute Gasteiger partial charge is 0.481 e. The molecule has 0 radical (unpaired) electrons. The first-order valence-corrected chi connectivity index (χ1v) is 9.91. The van der Waals surface area contributed by atoms with Gasteiger partial charge in [-0.25, -0.2) is 0 Å². The minimum atomic E-state index is -0.711. The van der Waals surface area contributed by atoms with Crippen LogP contribution in [0.1, 0.15) is 83.6 Å². The van der Waals surface area contributed by atoms with Gasteiger partial charge in [-0.2, -0.15) is 0 Å². The second-order valence-electron chi connectivity index (χ2n) is 7.31. The monoisotopic (exact) mass is 362 g/mol. The van der Waals surface area contributed by atoms with Crippen LogP contribution < -0.4 is 0 Å². The van der Waals surface area contributed by atoms with Crippen molar-refractivity contribution in [1.82, 2.24) is 0 Å². The number of rotatable bonds is 3. The third kappa shape index (κ3) is 9.02. The van der Waals surface area contributed by atoms with Gasteiger partial charge in [0.15, 0.2) is 0 Å². The summed E-state index contributed by atoms with van der Waals surface area (Å²) in [5.74, 6) is -0.745. The molecule has 1 saturated heterocycles. The van der Waals surface area contributed by atoms with Gasteiger partial charge in [0.2, 0.25) is 0 Å². The molecule has 4 nitrogen and oxygen atoms in total. The molecule has 1 unspecified atom stereocenters. The highest BCUT2D eigenvalue weighted by atomic mass is 16.5. The zero-order valence-corrected chi connectivity index (χ0v) is 16.3. The van der Waals surface area contributed by atoms with E-state index in [1.54, 1.807) is 0 Å². The van der Waals surface area contributed by atoms with Crippen molar-refractivity contribution in [1.29, 1.82) is 0 Å². The number of cyclic esters (lactones) is 1. The van der Waals surface area contributed by atoms with E-state index < -0.39 is 5.97 Å². The number of ether oxygens (including phenoxy) is 1. The van der Waals surface area contributed by atoms with Crippen molar-refractivity contribution in [2.75, 3.05) is 6.61 Å². The predicted molar refractivity (Wildman–Crippen MR) is 104 cm³/mol. The molecule has 1 fully saturated rings. The Hall–Kier alpha value is -1.84. The average Bonchev–Trinajstić information content (AvgIpc) is 2.62. The molecular weight excluding hydrogens is 328 g/mol. The van der Waals surface area contributed by atoms with Gasteiger partial charge in [0.1, 0.15) is 0 Å². The van der Waals surface area contributed by atoms with Crippen molar-refractivity contribution in [2.45, 2.75) is 83.5 Å². The maximum atomic E-state index is 11.8. The van der Waals surface area contributed by atoms with Crippen molar-refractivity contribution in [3.63, 3.8) is 0 Å². The summed E-state index contributed by atoms with van der Waals surface area (Å²) in [7, 11) is 0. The van der Waals surface area contributed by atoms with Gasteiger partial charge in [0, 0.05) is 12.8 Å². The van der Waals surface area contributed by atoms with E-state index in [1.165, 1.54) is 31.2 Å². The second kappa shape index (κ2) is 12.5. The van der Waals surface area contributed by atoms with Crippen LogP contribution in [0.25, 0.3) is 0 Å². The third-order valence-corrected chi connectivity index (χ3v) is 4.95. The molecule has 1 aromatic rings. The highest BCUT2D eigenvalue weighted by Crippen LogP contribution is 2.35. The Morgan fingerprint density at radius 3 is 2.35 bits per heavy atom. The van der Waals surface area contributed by atoms with Crippen LogP contribution in [0.15, 0.2) is 30.3 Å². The van der Waals surface area contributed by atoms with Gasteiger partial charge in [-0.05, 0) is 36.7 Å². The van der Waals surface area contributed by atoms with Gasteiger partial charge in [0.05, 0.1) is 6.61 Å². The van der Waals surface area contributed by atoms with E-state index in [0.717, 1.165) is 25.7 Å². The van der Waals surface area contributed by atoms with E-state index in [1.807, 2.05) is 6.92 Å². The fourth-order valence-corrected chi connectivity index (χ4v) is 3.25. The second-order valence-corrected chi connectivity index (χ2v) is 7.31. The molecule has 1 aliphatic rings. The van der Waals surface area contributed by atoms with Gasteiger partial charge in [-0.1, -0.05) is 69.9 Å². The molecular formula is C22H34O4. The van der Waals surface area contributed by atoms with Crippen molar-refractivity contribution in [3.05, 3.63) is 35.9 Å². The standard InChI is InChI=1S/C18H26O2.C4H8O2/c1-18(16-10-6-5-7-11-16)13-8-3-2-4-9-15-20-17(19)12-14-18;1-2-3-4(5)6/h5-7,10-11H,2-4,8-9,12-15H2,1H3;2-3H2,1H3,(H,5,6). The minimum absolute atomic E-state index is 0.0345. The lowest BCUT2D eigenvalue weighted by molar-refractivity contribution is -0.144. The van der Waals surface area contributed by atoms with E-state index in [-0.39, 0.29) is 11.4 Å². The quantitative estimate of drug-likeness (QED) is 0.722. The Balaban J connectivity index is 0.000000487. The summed E-state index contributed by atoms with van der Waals surface area (Å²) < 4.78 is 5.31. The van der Waals surface area contributed by atoms with E-state index in [9.17, 15) is 9.59 Å². The lowest BCUT2D eigenvalue weighted by atomic mass is 9.74. The van der Waals surface area contributed by atoms with Crippen LogP contribution in [0.3, 0.4) is 0 Å². The molecule has 26 heavy (non-hydrogen) atoms. The lowest BCUT2D eigenvalue weighted by Crippen LogP contribution is -2.24. The first-order valence-electron chi connectivity index (χ1n) is 9.91. The molecule has 2 rings (SSSR count). The molecule has 1 aromatic carbocycles. The van der Waals surface area contributed by atoms with E-state index in [4.69, 9.17) is 9.84 Å². The average molecular weight is 363 g/mol. The van der Waals surface area contributed by atoms with Crippen molar-refractivity contribution < 1.29 is 19.4 Å². The van der Waals surface area contributed by atoms with Crippen molar-refractivity contribution >= 4 is 11.9 Å². The van der Waals surface area contributed by atoms with E-state index in [2.05, 4.69) is 37.3 Å².